The van der Waals surface area contributed by atoms with Gasteiger partial charge < -0.3 is 9.90 Å². The van der Waals surface area contributed by atoms with E-state index in [1.807, 2.05) is 0 Å². The molecule has 0 N–H and O–H groups in total. The van der Waals surface area contributed by atoms with E-state index in [9.17, 15) is 9.90 Å². The quantitative estimate of drug-likeness (QED) is 0.642. The number of aromatic carboxylic acids is 1. The van der Waals surface area contributed by atoms with Crippen molar-refractivity contribution in [2.45, 2.75) is 39.5 Å². The van der Waals surface area contributed by atoms with Gasteiger partial charge >= 0.3 is 29.6 Å². The van der Waals surface area contributed by atoms with Crippen LogP contribution >= 0.6 is 0 Å². The second-order valence-corrected chi connectivity index (χ2v) is 4.49. The number of carbonyl (C=O) groups excluding carboxylic acids is 1. The van der Waals surface area contributed by atoms with Crippen molar-refractivity contribution >= 4 is 5.97 Å². The smallest absolute Gasteiger partial charge is 0.545 e. The molecule has 0 fully saturated rings. The van der Waals surface area contributed by atoms with Gasteiger partial charge in [0.05, 0.1) is 5.97 Å². The number of carboxylic acids is 1. The van der Waals surface area contributed by atoms with Gasteiger partial charge in [0.1, 0.15) is 0 Å². The molecule has 0 radical (unpaired) electrons. The van der Waals surface area contributed by atoms with Crippen molar-refractivity contribution in [2.75, 3.05) is 0 Å². The zero-order valence-corrected chi connectivity index (χ0v) is 12.7. The molecule has 0 saturated carbocycles. The SMILES string of the molecule is CC(C)c1cc(C(=O)[O-])cc(C(C)C)c1.[Na+]. The summed E-state index contributed by atoms with van der Waals surface area (Å²) in [5, 5.41) is 10.8. The summed E-state index contributed by atoms with van der Waals surface area (Å²) in [6.45, 7) is 8.22. The molecule has 0 amide bonds. The van der Waals surface area contributed by atoms with Crippen LogP contribution in [0.4, 0.5) is 0 Å². The Hall–Kier alpha value is -0.310. The molecule has 0 aliphatic heterocycles. The van der Waals surface area contributed by atoms with Crippen LogP contribution in [0.3, 0.4) is 0 Å². The summed E-state index contributed by atoms with van der Waals surface area (Å²) >= 11 is 0. The second kappa shape index (κ2) is 6.43. The van der Waals surface area contributed by atoms with E-state index in [0.717, 1.165) is 11.1 Å². The van der Waals surface area contributed by atoms with Gasteiger partial charge in [-0.15, -0.1) is 0 Å². The predicted molar refractivity (Wildman–Crippen MR) is 59.0 cm³/mol. The summed E-state index contributed by atoms with van der Waals surface area (Å²) in [4.78, 5) is 10.8. The fraction of sp³-hybridized carbons (Fsp3) is 0.462. The van der Waals surface area contributed by atoms with Crippen LogP contribution in [-0.2, 0) is 0 Å². The first-order chi connectivity index (χ1) is 6.91. The van der Waals surface area contributed by atoms with Crippen molar-refractivity contribution in [3.05, 3.63) is 34.9 Å². The minimum absolute atomic E-state index is 0. The van der Waals surface area contributed by atoms with Gasteiger partial charge in [0.2, 0.25) is 0 Å². The van der Waals surface area contributed by atoms with E-state index in [1.165, 1.54) is 0 Å². The van der Waals surface area contributed by atoms with Gasteiger partial charge in [0.15, 0.2) is 0 Å². The molecular weight excluding hydrogens is 211 g/mol. The Morgan fingerprint density at radius 3 is 1.62 bits per heavy atom. The molecule has 0 aromatic heterocycles. The number of carboxylic acid groups (broad SMARTS) is 1. The molecule has 0 unspecified atom stereocenters. The summed E-state index contributed by atoms with van der Waals surface area (Å²) in [6, 6.07) is 5.47. The van der Waals surface area contributed by atoms with Gasteiger partial charge in [-0.2, -0.15) is 0 Å². The van der Waals surface area contributed by atoms with Gasteiger partial charge in [0, 0.05) is 0 Å². The van der Waals surface area contributed by atoms with Crippen LogP contribution in [0, 0.1) is 0 Å². The third-order valence-electron chi connectivity index (χ3n) is 2.55. The largest absolute Gasteiger partial charge is 1.00 e. The van der Waals surface area contributed by atoms with E-state index in [-0.39, 0.29) is 35.1 Å². The maximum atomic E-state index is 10.8. The van der Waals surface area contributed by atoms with Gasteiger partial charge in [-0.3, -0.25) is 0 Å². The number of carbonyl (C=O) groups is 1. The second-order valence-electron chi connectivity index (χ2n) is 4.49. The van der Waals surface area contributed by atoms with Crippen LogP contribution in [0.2, 0.25) is 0 Å². The van der Waals surface area contributed by atoms with Crippen molar-refractivity contribution in [1.29, 1.82) is 0 Å². The molecule has 0 heterocycles. The van der Waals surface area contributed by atoms with E-state index in [2.05, 4.69) is 33.8 Å². The zero-order chi connectivity index (χ0) is 11.6. The molecule has 0 atom stereocenters. The predicted octanol–water partition coefficient (Wildman–Crippen LogP) is -0.699. The molecule has 16 heavy (non-hydrogen) atoms. The van der Waals surface area contributed by atoms with E-state index < -0.39 is 5.97 Å². The van der Waals surface area contributed by atoms with Crippen LogP contribution in [0.15, 0.2) is 18.2 Å². The van der Waals surface area contributed by atoms with Gasteiger partial charge in [-0.25, -0.2) is 0 Å². The maximum Gasteiger partial charge on any atom is 1.00 e. The molecule has 1 aromatic rings. The van der Waals surface area contributed by atoms with E-state index >= 15 is 0 Å². The van der Waals surface area contributed by atoms with Gasteiger partial charge in [-0.1, -0.05) is 33.8 Å². The molecular formula is C13H17NaO2. The van der Waals surface area contributed by atoms with Crippen molar-refractivity contribution in [3.63, 3.8) is 0 Å². The fourth-order valence-corrected chi connectivity index (χ4v) is 1.46. The zero-order valence-electron chi connectivity index (χ0n) is 10.7. The number of rotatable bonds is 3. The van der Waals surface area contributed by atoms with E-state index in [1.54, 1.807) is 12.1 Å². The van der Waals surface area contributed by atoms with Crippen molar-refractivity contribution < 1.29 is 39.5 Å². The summed E-state index contributed by atoms with van der Waals surface area (Å²) in [6.07, 6.45) is 0. The average molecular weight is 228 g/mol. The molecule has 82 valence electrons. The molecule has 3 heteroatoms. The maximum absolute atomic E-state index is 10.8. The summed E-state index contributed by atoms with van der Waals surface area (Å²) in [7, 11) is 0. The summed E-state index contributed by atoms with van der Waals surface area (Å²) in [5.74, 6) is -0.428. The number of hydrogen-bond donors (Lipinski definition) is 0. The van der Waals surface area contributed by atoms with Gasteiger partial charge in [-0.05, 0) is 40.7 Å². The fourth-order valence-electron chi connectivity index (χ4n) is 1.46. The Morgan fingerprint density at radius 1 is 1.00 bits per heavy atom. The molecule has 2 nitrogen and oxygen atoms in total. The summed E-state index contributed by atoms with van der Waals surface area (Å²) < 4.78 is 0. The Labute approximate surface area is 119 Å². The molecule has 1 aromatic carbocycles. The first-order valence-electron chi connectivity index (χ1n) is 5.28. The number of benzene rings is 1. The minimum Gasteiger partial charge on any atom is -0.545 e. The molecule has 0 aliphatic carbocycles. The first-order valence-corrected chi connectivity index (χ1v) is 5.28. The topological polar surface area (TPSA) is 40.1 Å². The monoisotopic (exact) mass is 228 g/mol. The third-order valence-corrected chi connectivity index (χ3v) is 2.55. The average Bonchev–Trinajstić information content (AvgIpc) is 2.16. The van der Waals surface area contributed by atoms with E-state index in [0.29, 0.717) is 11.8 Å². The van der Waals surface area contributed by atoms with Crippen LogP contribution in [0.5, 0.6) is 0 Å². The third kappa shape index (κ3) is 3.93. The summed E-state index contributed by atoms with van der Waals surface area (Å²) in [5.41, 5.74) is 2.39. The molecule has 0 spiro atoms. The standard InChI is InChI=1S/C13H18O2.Na/c1-8(2)10-5-11(9(3)4)7-12(6-10)13(14)15;/h5-9H,1-4H3,(H,14,15);/q;+1/p-1. The van der Waals surface area contributed by atoms with Crippen molar-refractivity contribution in [2.24, 2.45) is 0 Å². The normalized spacial score (nSPS) is 10.4. The molecule has 1 rings (SSSR count). The van der Waals surface area contributed by atoms with E-state index in [4.69, 9.17) is 0 Å². The Kier molecular flexibility index (Phi) is 6.31. The molecule has 0 saturated heterocycles. The Balaban J connectivity index is 0.00000225. The Morgan fingerprint density at radius 2 is 1.38 bits per heavy atom. The van der Waals surface area contributed by atoms with Gasteiger partial charge in [0.25, 0.3) is 0 Å². The van der Waals surface area contributed by atoms with Crippen LogP contribution < -0.4 is 34.7 Å². The molecule has 0 aliphatic rings. The first kappa shape index (κ1) is 15.7. The van der Waals surface area contributed by atoms with Crippen molar-refractivity contribution in [3.8, 4) is 0 Å². The van der Waals surface area contributed by atoms with Crippen molar-refractivity contribution in [1.82, 2.24) is 0 Å². The number of hydrogen-bond acceptors (Lipinski definition) is 2. The minimum atomic E-state index is -1.10. The van der Waals surface area contributed by atoms with Crippen LogP contribution in [0.25, 0.3) is 0 Å². The Bertz CT molecular complexity index is 344. The molecule has 0 bridgehead atoms. The van der Waals surface area contributed by atoms with Crippen LogP contribution in [-0.4, -0.2) is 5.97 Å². The van der Waals surface area contributed by atoms with Crippen LogP contribution in [0.1, 0.15) is 61.0 Å².